The van der Waals surface area contributed by atoms with Crippen LogP contribution in [0.3, 0.4) is 0 Å². The van der Waals surface area contributed by atoms with Gasteiger partial charge in [0.15, 0.2) is 0 Å². The van der Waals surface area contributed by atoms with Gasteiger partial charge in [-0.1, -0.05) is 6.92 Å². The fourth-order valence-corrected chi connectivity index (χ4v) is 1.78. The third-order valence-electron chi connectivity index (χ3n) is 2.69. The van der Waals surface area contributed by atoms with Gasteiger partial charge < -0.3 is 10.0 Å². The van der Waals surface area contributed by atoms with Crippen LogP contribution >= 0.6 is 0 Å². The lowest BCUT2D eigenvalue weighted by Gasteiger charge is -2.20. The Morgan fingerprint density at radius 2 is 2.00 bits per heavy atom. The Morgan fingerprint density at radius 3 is 2.33 bits per heavy atom. The Bertz CT molecular complexity index is 179. The number of aliphatic hydroxyl groups is 1. The number of aliphatic hydroxyl groups excluding tert-OH is 1. The van der Waals surface area contributed by atoms with Gasteiger partial charge in [0.25, 0.3) is 0 Å². The molecule has 1 aliphatic rings. The molecule has 3 atom stereocenters. The maximum Gasteiger partial charge on any atom is 0.227 e. The third-order valence-corrected chi connectivity index (χ3v) is 2.69. The van der Waals surface area contributed by atoms with Crippen molar-refractivity contribution in [3.8, 4) is 0 Å². The Balaban J connectivity index is 2.59. The van der Waals surface area contributed by atoms with Crippen LogP contribution in [0.5, 0.6) is 0 Å². The first-order valence-corrected chi connectivity index (χ1v) is 4.43. The van der Waals surface area contributed by atoms with Gasteiger partial charge in [0.2, 0.25) is 5.91 Å². The van der Waals surface area contributed by atoms with Gasteiger partial charge in [0.1, 0.15) is 0 Å². The molecular formula is C9H17NO2. The summed E-state index contributed by atoms with van der Waals surface area (Å²) < 4.78 is 0. The summed E-state index contributed by atoms with van der Waals surface area (Å²) in [6.45, 7) is 1.99. The van der Waals surface area contributed by atoms with Crippen LogP contribution < -0.4 is 0 Å². The van der Waals surface area contributed by atoms with Gasteiger partial charge in [0, 0.05) is 14.1 Å². The van der Waals surface area contributed by atoms with Crippen LogP contribution in [0.2, 0.25) is 0 Å². The standard InChI is InChI=1S/C9H17NO2/c1-6-4-5-7(8(6)11)9(12)10(2)3/h6-8,11H,4-5H2,1-3H3. The summed E-state index contributed by atoms with van der Waals surface area (Å²) in [4.78, 5) is 13.0. The molecule has 0 aromatic heterocycles. The molecule has 70 valence electrons. The second kappa shape index (κ2) is 3.44. The summed E-state index contributed by atoms with van der Waals surface area (Å²) in [6, 6.07) is 0. The maximum absolute atomic E-state index is 11.5. The highest BCUT2D eigenvalue weighted by atomic mass is 16.3. The Hall–Kier alpha value is -0.570. The lowest BCUT2D eigenvalue weighted by atomic mass is 10.0. The minimum absolute atomic E-state index is 0.0619. The van der Waals surface area contributed by atoms with Crippen LogP contribution in [0.15, 0.2) is 0 Å². The zero-order valence-electron chi connectivity index (χ0n) is 7.95. The first-order valence-electron chi connectivity index (χ1n) is 4.43. The van der Waals surface area contributed by atoms with Crippen molar-refractivity contribution in [3.05, 3.63) is 0 Å². The molecule has 3 unspecified atom stereocenters. The van der Waals surface area contributed by atoms with Crippen molar-refractivity contribution in [3.63, 3.8) is 0 Å². The van der Waals surface area contributed by atoms with Crippen LogP contribution in [-0.4, -0.2) is 36.1 Å². The quantitative estimate of drug-likeness (QED) is 0.623. The van der Waals surface area contributed by atoms with Crippen LogP contribution in [0.4, 0.5) is 0 Å². The monoisotopic (exact) mass is 171 g/mol. The van der Waals surface area contributed by atoms with Crippen molar-refractivity contribution in [2.45, 2.75) is 25.9 Å². The SMILES string of the molecule is CC1CCC(C(=O)N(C)C)C1O. The van der Waals surface area contributed by atoms with Gasteiger partial charge in [0.05, 0.1) is 12.0 Å². The van der Waals surface area contributed by atoms with E-state index < -0.39 is 6.10 Å². The predicted molar refractivity (Wildman–Crippen MR) is 46.6 cm³/mol. The van der Waals surface area contributed by atoms with Gasteiger partial charge in [-0.2, -0.15) is 0 Å². The molecule has 0 aromatic rings. The molecule has 3 heteroatoms. The highest BCUT2D eigenvalue weighted by Crippen LogP contribution is 2.31. The molecule has 0 aromatic carbocycles. The van der Waals surface area contributed by atoms with Crippen LogP contribution in [0, 0.1) is 11.8 Å². The summed E-state index contributed by atoms with van der Waals surface area (Å²) in [6.07, 6.45) is 1.37. The smallest absolute Gasteiger partial charge is 0.227 e. The Labute approximate surface area is 73.4 Å². The summed E-state index contributed by atoms with van der Waals surface area (Å²) >= 11 is 0. The lowest BCUT2D eigenvalue weighted by Crippen LogP contribution is -2.35. The van der Waals surface area contributed by atoms with E-state index >= 15 is 0 Å². The first kappa shape index (κ1) is 9.52. The van der Waals surface area contributed by atoms with E-state index in [2.05, 4.69) is 0 Å². The van der Waals surface area contributed by atoms with Gasteiger partial charge in [-0.15, -0.1) is 0 Å². The van der Waals surface area contributed by atoms with Crippen LogP contribution in [0.1, 0.15) is 19.8 Å². The van der Waals surface area contributed by atoms with E-state index in [1.165, 1.54) is 0 Å². The largest absolute Gasteiger partial charge is 0.392 e. The average molecular weight is 171 g/mol. The fourth-order valence-electron chi connectivity index (χ4n) is 1.78. The van der Waals surface area contributed by atoms with E-state index in [0.29, 0.717) is 0 Å². The minimum Gasteiger partial charge on any atom is -0.392 e. The number of nitrogens with zero attached hydrogens (tertiary/aromatic N) is 1. The molecule has 0 radical (unpaired) electrons. The molecule has 3 nitrogen and oxygen atoms in total. The molecule has 0 aliphatic heterocycles. The molecule has 0 spiro atoms. The van der Waals surface area contributed by atoms with E-state index in [0.717, 1.165) is 12.8 Å². The van der Waals surface area contributed by atoms with Gasteiger partial charge >= 0.3 is 0 Å². The molecule has 0 saturated heterocycles. The van der Waals surface area contributed by atoms with Crippen molar-refractivity contribution in [2.75, 3.05) is 14.1 Å². The molecule has 1 rings (SSSR count). The summed E-state index contributed by atoms with van der Waals surface area (Å²) in [5.41, 5.74) is 0. The highest BCUT2D eigenvalue weighted by molar-refractivity contribution is 5.79. The molecule has 1 saturated carbocycles. The molecule has 1 amide bonds. The third kappa shape index (κ3) is 1.61. The number of hydrogen-bond acceptors (Lipinski definition) is 2. The zero-order chi connectivity index (χ0) is 9.30. The molecule has 0 heterocycles. The highest BCUT2D eigenvalue weighted by Gasteiger charge is 2.37. The second-order valence-electron chi connectivity index (χ2n) is 3.88. The van der Waals surface area contributed by atoms with Gasteiger partial charge in [-0.05, 0) is 18.8 Å². The van der Waals surface area contributed by atoms with Crippen molar-refractivity contribution in [1.82, 2.24) is 4.90 Å². The Morgan fingerprint density at radius 1 is 1.42 bits per heavy atom. The first-order chi connectivity index (χ1) is 5.54. The van der Waals surface area contributed by atoms with Crippen molar-refractivity contribution in [1.29, 1.82) is 0 Å². The Kier molecular flexibility index (Phi) is 2.73. The summed E-state index contributed by atoms with van der Waals surface area (Å²) in [5, 5.41) is 9.63. The number of carbonyl (C=O) groups is 1. The molecular weight excluding hydrogens is 154 g/mol. The van der Waals surface area contributed by atoms with Crippen molar-refractivity contribution in [2.24, 2.45) is 11.8 Å². The predicted octanol–water partition coefficient (Wildman–Crippen LogP) is 0.482. The number of carbonyl (C=O) groups excluding carboxylic acids is 1. The molecule has 1 fully saturated rings. The van der Waals surface area contributed by atoms with E-state index in [4.69, 9.17) is 0 Å². The van der Waals surface area contributed by atoms with Crippen molar-refractivity contribution >= 4 is 5.91 Å². The van der Waals surface area contributed by atoms with Crippen LogP contribution in [-0.2, 0) is 4.79 Å². The molecule has 0 bridgehead atoms. The number of amides is 1. The number of hydrogen-bond donors (Lipinski definition) is 1. The van der Waals surface area contributed by atoms with Crippen LogP contribution in [0.25, 0.3) is 0 Å². The van der Waals surface area contributed by atoms with E-state index in [-0.39, 0.29) is 17.7 Å². The minimum atomic E-state index is -0.431. The fraction of sp³-hybridized carbons (Fsp3) is 0.889. The number of rotatable bonds is 1. The lowest BCUT2D eigenvalue weighted by molar-refractivity contribution is -0.136. The van der Waals surface area contributed by atoms with Gasteiger partial charge in [-0.3, -0.25) is 4.79 Å². The van der Waals surface area contributed by atoms with Crippen molar-refractivity contribution < 1.29 is 9.90 Å². The van der Waals surface area contributed by atoms with Gasteiger partial charge in [-0.25, -0.2) is 0 Å². The zero-order valence-corrected chi connectivity index (χ0v) is 7.95. The van der Waals surface area contributed by atoms with E-state index in [9.17, 15) is 9.90 Å². The molecule has 12 heavy (non-hydrogen) atoms. The molecule has 1 aliphatic carbocycles. The second-order valence-corrected chi connectivity index (χ2v) is 3.88. The summed E-state index contributed by atoms with van der Waals surface area (Å²) in [5.74, 6) is 0.181. The maximum atomic E-state index is 11.5. The topological polar surface area (TPSA) is 40.5 Å². The summed E-state index contributed by atoms with van der Waals surface area (Å²) in [7, 11) is 3.47. The average Bonchev–Trinajstić information content (AvgIpc) is 2.32. The van der Waals surface area contributed by atoms with E-state index in [1.807, 2.05) is 6.92 Å². The van der Waals surface area contributed by atoms with E-state index in [1.54, 1.807) is 19.0 Å². The molecule has 1 N–H and O–H groups in total. The normalized spacial score (nSPS) is 35.2.